The molecule has 0 aliphatic heterocycles. The highest BCUT2D eigenvalue weighted by Crippen LogP contribution is 2.03. The Morgan fingerprint density at radius 2 is 2.29 bits per heavy atom. The van der Waals surface area contributed by atoms with Crippen molar-refractivity contribution in [1.82, 2.24) is 4.98 Å². The van der Waals surface area contributed by atoms with Gasteiger partial charge < -0.3 is 5.32 Å². The summed E-state index contributed by atoms with van der Waals surface area (Å²) in [6.45, 7) is 0. The van der Waals surface area contributed by atoms with Crippen molar-refractivity contribution in [2.45, 2.75) is 19.3 Å². The van der Waals surface area contributed by atoms with Gasteiger partial charge in [-0.05, 0) is 25.0 Å². The van der Waals surface area contributed by atoms with Crippen molar-refractivity contribution in [3.63, 3.8) is 0 Å². The van der Waals surface area contributed by atoms with E-state index in [-0.39, 0.29) is 5.91 Å². The van der Waals surface area contributed by atoms with E-state index < -0.39 is 0 Å². The summed E-state index contributed by atoms with van der Waals surface area (Å²) < 4.78 is 0. The number of pyridine rings is 1. The van der Waals surface area contributed by atoms with Crippen molar-refractivity contribution >= 4 is 27.7 Å². The third kappa shape index (κ3) is 4.37. The van der Waals surface area contributed by atoms with Crippen molar-refractivity contribution in [2.24, 2.45) is 0 Å². The van der Waals surface area contributed by atoms with Gasteiger partial charge in [0.05, 0.1) is 0 Å². The van der Waals surface area contributed by atoms with Gasteiger partial charge in [0.25, 0.3) is 0 Å². The van der Waals surface area contributed by atoms with Crippen LogP contribution < -0.4 is 5.32 Å². The fraction of sp³-hybridized carbons (Fsp3) is 0.400. The topological polar surface area (TPSA) is 42.0 Å². The number of carbonyl (C=O) groups is 1. The van der Waals surface area contributed by atoms with Gasteiger partial charge in [-0.3, -0.25) is 4.79 Å². The molecule has 0 radical (unpaired) electrons. The largest absolute Gasteiger partial charge is 0.311 e. The number of hydrogen-bond donors (Lipinski definition) is 1. The first-order valence-electron chi connectivity index (χ1n) is 4.60. The molecule has 14 heavy (non-hydrogen) atoms. The summed E-state index contributed by atoms with van der Waals surface area (Å²) in [5, 5.41) is 3.68. The van der Waals surface area contributed by atoms with E-state index in [1.165, 1.54) is 0 Å². The SMILES string of the molecule is O=C(CCCCBr)Nc1ccccn1. The summed E-state index contributed by atoms with van der Waals surface area (Å²) in [4.78, 5) is 15.3. The molecule has 0 atom stereocenters. The van der Waals surface area contributed by atoms with Crippen LogP contribution in [0.4, 0.5) is 5.82 Å². The fourth-order valence-electron chi connectivity index (χ4n) is 1.02. The molecule has 1 N–H and O–H groups in total. The minimum atomic E-state index is 0.0321. The van der Waals surface area contributed by atoms with Crippen LogP contribution in [0.5, 0.6) is 0 Å². The van der Waals surface area contributed by atoms with E-state index in [1.807, 2.05) is 12.1 Å². The molecule has 0 saturated carbocycles. The predicted molar refractivity (Wildman–Crippen MR) is 60.5 cm³/mol. The molecule has 0 bridgehead atoms. The Morgan fingerprint density at radius 1 is 1.43 bits per heavy atom. The van der Waals surface area contributed by atoms with Crippen LogP contribution in [0.2, 0.25) is 0 Å². The van der Waals surface area contributed by atoms with Crippen molar-refractivity contribution in [3.8, 4) is 0 Å². The first kappa shape index (κ1) is 11.2. The molecule has 1 heterocycles. The summed E-state index contributed by atoms with van der Waals surface area (Å²) in [6.07, 6.45) is 4.15. The maximum absolute atomic E-state index is 11.3. The maximum atomic E-state index is 11.3. The molecule has 0 saturated heterocycles. The molecule has 1 rings (SSSR count). The Hall–Kier alpha value is -0.900. The van der Waals surface area contributed by atoms with E-state index in [2.05, 4.69) is 26.2 Å². The third-order valence-electron chi connectivity index (χ3n) is 1.72. The standard InChI is InChI=1S/C10H13BrN2O/c11-7-3-1-6-10(14)13-9-5-2-4-8-12-9/h2,4-5,8H,1,3,6-7H2,(H,12,13,14). The van der Waals surface area contributed by atoms with Crippen molar-refractivity contribution in [1.29, 1.82) is 0 Å². The molecule has 0 unspecified atom stereocenters. The second kappa shape index (κ2) is 6.54. The number of amides is 1. The summed E-state index contributed by atoms with van der Waals surface area (Å²) >= 11 is 3.32. The van der Waals surface area contributed by atoms with Gasteiger partial charge in [-0.15, -0.1) is 0 Å². The minimum absolute atomic E-state index is 0.0321. The second-order valence-corrected chi connectivity index (χ2v) is 3.70. The Bertz CT molecular complexity index is 277. The zero-order chi connectivity index (χ0) is 10.2. The van der Waals surface area contributed by atoms with Crippen molar-refractivity contribution < 1.29 is 4.79 Å². The normalized spacial score (nSPS) is 9.79. The number of hydrogen-bond acceptors (Lipinski definition) is 2. The second-order valence-electron chi connectivity index (χ2n) is 2.91. The first-order valence-corrected chi connectivity index (χ1v) is 5.72. The number of halogens is 1. The Balaban J connectivity index is 2.27. The van der Waals surface area contributed by atoms with Gasteiger partial charge in [-0.25, -0.2) is 4.98 Å². The number of rotatable bonds is 5. The molecule has 0 spiro atoms. The summed E-state index contributed by atoms with van der Waals surface area (Å²) in [7, 11) is 0. The molecule has 4 heteroatoms. The average Bonchev–Trinajstić information content (AvgIpc) is 2.20. The summed E-state index contributed by atoms with van der Waals surface area (Å²) in [5.74, 6) is 0.654. The number of nitrogens with zero attached hydrogens (tertiary/aromatic N) is 1. The van der Waals surface area contributed by atoms with Gasteiger partial charge in [-0.2, -0.15) is 0 Å². The zero-order valence-electron chi connectivity index (χ0n) is 7.87. The third-order valence-corrected chi connectivity index (χ3v) is 2.28. The maximum Gasteiger partial charge on any atom is 0.225 e. The van der Waals surface area contributed by atoms with Gasteiger partial charge in [0, 0.05) is 17.9 Å². The number of carbonyl (C=O) groups excluding carboxylic acids is 1. The van der Waals surface area contributed by atoms with Crippen molar-refractivity contribution in [2.75, 3.05) is 10.6 Å². The highest BCUT2D eigenvalue weighted by atomic mass is 79.9. The minimum Gasteiger partial charge on any atom is -0.311 e. The number of alkyl halides is 1. The van der Waals surface area contributed by atoms with Crippen molar-refractivity contribution in [3.05, 3.63) is 24.4 Å². The first-order chi connectivity index (χ1) is 6.83. The molecular weight excluding hydrogens is 244 g/mol. The van der Waals surface area contributed by atoms with Crippen LogP contribution in [0.25, 0.3) is 0 Å². The average molecular weight is 257 g/mol. The molecule has 1 aromatic heterocycles. The molecule has 1 amide bonds. The molecule has 1 aromatic rings. The van der Waals surface area contributed by atoms with E-state index in [0.717, 1.165) is 18.2 Å². The van der Waals surface area contributed by atoms with Crippen LogP contribution >= 0.6 is 15.9 Å². The van der Waals surface area contributed by atoms with Crippen LogP contribution in [-0.4, -0.2) is 16.2 Å². The molecule has 0 fully saturated rings. The van der Waals surface area contributed by atoms with Crippen LogP contribution in [-0.2, 0) is 4.79 Å². The molecule has 76 valence electrons. The van der Waals surface area contributed by atoms with Crippen LogP contribution in [0.15, 0.2) is 24.4 Å². The molecule has 0 aromatic carbocycles. The highest BCUT2D eigenvalue weighted by molar-refractivity contribution is 9.09. The highest BCUT2D eigenvalue weighted by Gasteiger charge is 2.01. The van der Waals surface area contributed by atoms with E-state index in [0.29, 0.717) is 12.2 Å². The number of unbranched alkanes of at least 4 members (excludes halogenated alkanes) is 1. The monoisotopic (exact) mass is 256 g/mol. The molecular formula is C10H13BrN2O. The summed E-state index contributed by atoms with van der Waals surface area (Å²) in [5.41, 5.74) is 0. The lowest BCUT2D eigenvalue weighted by Crippen LogP contribution is -2.11. The number of nitrogens with one attached hydrogen (secondary N) is 1. The Labute approximate surface area is 92.1 Å². The van der Waals surface area contributed by atoms with E-state index in [4.69, 9.17) is 0 Å². The van der Waals surface area contributed by atoms with Gasteiger partial charge in [0.15, 0.2) is 0 Å². The smallest absolute Gasteiger partial charge is 0.225 e. The van der Waals surface area contributed by atoms with E-state index in [9.17, 15) is 4.79 Å². The van der Waals surface area contributed by atoms with E-state index in [1.54, 1.807) is 12.3 Å². The Morgan fingerprint density at radius 3 is 2.93 bits per heavy atom. The summed E-state index contributed by atoms with van der Waals surface area (Å²) in [6, 6.07) is 5.45. The van der Waals surface area contributed by atoms with Gasteiger partial charge in [-0.1, -0.05) is 22.0 Å². The zero-order valence-corrected chi connectivity index (χ0v) is 9.46. The Kier molecular flexibility index (Phi) is 5.22. The van der Waals surface area contributed by atoms with Crippen LogP contribution in [0, 0.1) is 0 Å². The number of anilines is 1. The lowest BCUT2D eigenvalue weighted by molar-refractivity contribution is -0.116. The lowest BCUT2D eigenvalue weighted by atomic mass is 10.2. The van der Waals surface area contributed by atoms with Gasteiger partial charge >= 0.3 is 0 Å². The molecule has 3 nitrogen and oxygen atoms in total. The fourth-order valence-corrected chi connectivity index (χ4v) is 1.42. The van der Waals surface area contributed by atoms with Crippen LogP contribution in [0.3, 0.4) is 0 Å². The lowest BCUT2D eigenvalue weighted by Gasteiger charge is -2.02. The van der Waals surface area contributed by atoms with E-state index >= 15 is 0 Å². The molecule has 0 aliphatic carbocycles. The molecule has 0 aliphatic rings. The van der Waals surface area contributed by atoms with Crippen LogP contribution in [0.1, 0.15) is 19.3 Å². The van der Waals surface area contributed by atoms with Gasteiger partial charge in [0.2, 0.25) is 5.91 Å². The quantitative estimate of drug-likeness (QED) is 0.650. The predicted octanol–water partition coefficient (Wildman–Crippen LogP) is 2.59. The number of aromatic nitrogens is 1. The van der Waals surface area contributed by atoms with Gasteiger partial charge in [0.1, 0.15) is 5.82 Å².